The standard InChI is InChI=1S/C9H16.2CH4O/c1-2-4-8-6-7-9(8)5-3-1;2*1-2/h8-9H,1-7H2;2*2H,1H3. The molecule has 2 aliphatic rings. The van der Waals surface area contributed by atoms with Gasteiger partial charge >= 0.3 is 0 Å². The minimum Gasteiger partial charge on any atom is -0.400 e. The SMILES string of the molecule is C1CCC2CCC2CC1.CO.CO. The number of fused-ring (bicyclic) bond motifs is 1. The third kappa shape index (κ3) is 4.10. The van der Waals surface area contributed by atoms with Crippen LogP contribution in [0.3, 0.4) is 0 Å². The summed E-state index contributed by atoms with van der Waals surface area (Å²) in [5.74, 6) is 2.35. The van der Waals surface area contributed by atoms with E-state index >= 15 is 0 Å². The molecule has 0 radical (unpaired) electrons. The minimum atomic E-state index is 1.00. The molecule has 2 unspecified atom stereocenters. The lowest BCUT2D eigenvalue weighted by Gasteiger charge is -2.35. The lowest BCUT2D eigenvalue weighted by atomic mass is 9.71. The normalized spacial score (nSPS) is 30.5. The molecule has 0 bridgehead atoms. The van der Waals surface area contributed by atoms with E-state index in [4.69, 9.17) is 10.2 Å². The highest BCUT2D eigenvalue weighted by atomic mass is 16.2. The summed E-state index contributed by atoms with van der Waals surface area (Å²) in [5.41, 5.74) is 0. The largest absolute Gasteiger partial charge is 0.400 e. The molecule has 2 saturated carbocycles. The number of aliphatic hydroxyl groups is 2. The molecule has 2 fully saturated rings. The molecule has 0 heterocycles. The van der Waals surface area contributed by atoms with Crippen molar-refractivity contribution in [2.24, 2.45) is 11.8 Å². The van der Waals surface area contributed by atoms with E-state index in [-0.39, 0.29) is 0 Å². The minimum absolute atomic E-state index is 1.00. The highest BCUT2D eigenvalue weighted by Gasteiger charge is 2.30. The second kappa shape index (κ2) is 8.52. The molecule has 2 rings (SSSR count). The number of rotatable bonds is 0. The van der Waals surface area contributed by atoms with Gasteiger partial charge in [0.25, 0.3) is 0 Å². The van der Waals surface area contributed by atoms with Gasteiger partial charge in [-0.25, -0.2) is 0 Å². The third-order valence-electron chi connectivity index (χ3n) is 3.22. The smallest absolute Gasteiger partial charge is 0.0319 e. The Morgan fingerprint density at radius 1 is 0.615 bits per heavy atom. The topological polar surface area (TPSA) is 40.5 Å². The van der Waals surface area contributed by atoms with Gasteiger partial charge in [-0.1, -0.05) is 32.1 Å². The lowest BCUT2D eigenvalue weighted by Crippen LogP contribution is -2.23. The van der Waals surface area contributed by atoms with Crippen LogP contribution in [0.5, 0.6) is 0 Å². The Morgan fingerprint density at radius 3 is 1.31 bits per heavy atom. The molecule has 2 aliphatic carbocycles. The first-order valence-corrected chi connectivity index (χ1v) is 5.36. The summed E-state index contributed by atoms with van der Waals surface area (Å²) in [5, 5.41) is 14.0. The van der Waals surface area contributed by atoms with E-state index < -0.39 is 0 Å². The van der Waals surface area contributed by atoms with E-state index in [0.29, 0.717) is 0 Å². The average molecular weight is 188 g/mol. The molecular formula is C11H24O2. The number of aliphatic hydroxyl groups excluding tert-OH is 2. The van der Waals surface area contributed by atoms with Crippen molar-refractivity contribution in [3.8, 4) is 0 Å². The summed E-state index contributed by atoms with van der Waals surface area (Å²) >= 11 is 0. The van der Waals surface area contributed by atoms with Gasteiger partial charge in [0.15, 0.2) is 0 Å². The summed E-state index contributed by atoms with van der Waals surface area (Å²) < 4.78 is 0. The van der Waals surface area contributed by atoms with E-state index in [1.165, 1.54) is 31.1 Å². The average Bonchev–Trinajstić information content (AvgIpc) is 2.35. The maximum Gasteiger partial charge on any atom is 0.0319 e. The summed E-state index contributed by atoms with van der Waals surface area (Å²) in [7, 11) is 2.00. The Hall–Kier alpha value is -0.0800. The van der Waals surface area contributed by atoms with Gasteiger partial charge in [0.2, 0.25) is 0 Å². The van der Waals surface area contributed by atoms with Crippen LogP contribution in [0.1, 0.15) is 44.9 Å². The zero-order chi connectivity index (χ0) is 10.1. The van der Waals surface area contributed by atoms with Crippen molar-refractivity contribution < 1.29 is 10.2 Å². The second-order valence-corrected chi connectivity index (χ2v) is 3.74. The molecule has 0 aromatic rings. The zero-order valence-electron chi connectivity index (χ0n) is 9.00. The van der Waals surface area contributed by atoms with Crippen LogP contribution in [0.4, 0.5) is 0 Å². The Bertz CT molecular complexity index is 92.3. The second-order valence-electron chi connectivity index (χ2n) is 3.74. The fourth-order valence-electron chi connectivity index (χ4n) is 2.39. The van der Waals surface area contributed by atoms with Crippen molar-refractivity contribution in [2.75, 3.05) is 14.2 Å². The van der Waals surface area contributed by atoms with Crippen LogP contribution < -0.4 is 0 Å². The van der Waals surface area contributed by atoms with Crippen LogP contribution in [0.2, 0.25) is 0 Å². The van der Waals surface area contributed by atoms with Crippen molar-refractivity contribution in [3.63, 3.8) is 0 Å². The Kier molecular flexibility index (Phi) is 8.46. The molecule has 0 amide bonds. The van der Waals surface area contributed by atoms with Crippen molar-refractivity contribution in [2.45, 2.75) is 44.9 Å². The fraction of sp³-hybridized carbons (Fsp3) is 1.00. The van der Waals surface area contributed by atoms with E-state index in [9.17, 15) is 0 Å². The predicted octanol–water partition coefficient (Wildman–Crippen LogP) is 2.19. The van der Waals surface area contributed by atoms with Crippen LogP contribution in [0, 0.1) is 11.8 Å². The first kappa shape index (κ1) is 12.9. The van der Waals surface area contributed by atoms with E-state index in [2.05, 4.69) is 0 Å². The molecule has 2 heteroatoms. The molecule has 0 aromatic carbocycles. The molecule has 0 saturated heterocycles. The van der Waals surface area contributed by atoms with Crippen molar-refractivity contribution >= 4 is 0 Å². The van der Waals surface area contributed by atoms with E-state index in [1.807, 2.05) is 0 Å². The Morgan fingerprint density at radius 2 is 1.00 bits per heavy atom. The van der Waals surface area contributed by atoms with Crippen LogP contribution >= 0.6 is 0 Å². The van der Waals surface area contributed by atoms with Gasteiger partial charge < -0.3 is 10.2 Å². The molecule has 13 heavy (non-hydrogen) atoms. The molecule has 0 aliphatic heterocycles. The van der Waals surface area contributed by atoms with Crippen LogP contribution in [-0.2, 0) is 0 Å². The molecule has 80 valence electrons. The van der Waals surface area contributed by atoms with Crippen molar-refractivity contribution in [1.82, 2.24) is 0 Å². The summed E-state index contributed by atoms with van der Waals surface area (Å²) in [6.45, 7) is 0. The number of hydrogen-bond acceptors (Lipinski definition) is 2. The van der Waals surface area contributed by atoms with Gasteiger partial charge in [-0.2, -0.15) is 0 Å². The van der Waals surface area contributed by atoms with Gasteiger partial charge in [0, 0.05) is 14.2 Å². The van der Waals surface area contributed by atoms with Crippen LogP contribution in [0.15, 0.2) is 0 Å². The maximum absolute atomic E-state index is 7.00. The molecule has 2 atom stereocenters. The fourth-order valence-corrected chi connectivity index (χ4v) is 2.39. The third-order valence-corrected chi connectivity index (χ3v) is 3.22. The lowest BCUT2D eigenvalue weighted by molar-refractivity contribution is 0.165. The van der Waals surface area contributed by atoms with Gasteiger partial charge in [0.1, 0.15) is 0 Å². The Balaban J connectivity index is 0.000000322. The quantitative estimate of drug-likeness (QED) is 0.612. The zero-order valence-corrected chi connectivity index (χ0v) is 9.00. The molecule has 2 nitrogen and oxygen atoms in total. The first-order chi connectivity index (χ1) is 6.47. The maximum atomic E-state index is 7.00. The van der Waals surface area contributed by atoms with Crippen molar-refractivity contribution in [3.05, 3.63) is 0 Å². The van der Waals surface area contributed by atoms with E-state index in [1.54, 1.807) is 25.7 Å². The van der Waals surface area contributed by atoms with Gasteiger partial charge in [-0.3, -0.25) is 0 Å². The molecular weight excluding hydrogens is 164 g/mol. The highest BCUT2D eigenvalue weighted by Crippen LogP contribution is 2.43. The monoisotopic (exact) mass is 188 g/mol. The van der Waals surface area contributed by atoms with Gasteiger partial charge in [-0.15, -0.1) is 0 Å². The first-order valence-electron chi connectivity index (χ1n) is 5.36. The molecule has 2 N–H and O–H groups in total. The predicted molar refractivity (Wildman–Crippen MR) is 55.6 cm³/mol. The van der Waals surface area contributed by atoms with Crippen LogP contribution in [-0.4, -0.2) is 24.4 Å². The van der Waals surface area contributed by atoms with Crippen LogP contribution in [0.25, 0.3) is 0 Å². The van der Waals surface area contributed by atoms with Gasteiger partial charge in [-0.05, 0) is 24.7 Å². The number of hydrogen-bond donors (Lipinski definition) is 2. The summed E-state index contributed by atoms with van der Waals surface area (Å²) in [4.78, 5) is 0. The molecule has 0 aromatic heterocycles. The highest BCUT2D eigenvalue weighted by molar-refractivity contribution is 4.82. The Labute approximate surface area is 82.0 Å². The van der Waals surface area contributed by atoms with Gasteiger partial charge in [0.05, 0.1) is 0 Å². The summed E-state index contributed by atoms with van der Waals surface area (Å²) in [6, 6.07) is 0. The van der Waals surface area contributed by atoms with Crippen molar-refractivity contribution in [1.29, 1.82) is 0 Å². The summed E-state index contributed by atoms with van der Waals surface area (Å²) in [6.07, 6.45) is 10.8. The molecule has 0 spiro atoms. The van der Waals surface area contributed by atoms with E-state index in [0.717, 1.165) is 14.2 Å².